The molecule has 374 valence electrons. The number of benzene rings is 6. The van der Waals surface area contributed by atoms with Crippen LogP contribution in [0.2, 0.25) is 0 Å². The lowest BCUT2D eigenvalue weighted by molar-refractivity contribution is 0.444. The molecule has 7 aromatic rings. The molecule has 0 bridgehead atoms. The van der Waals surface area contributed by atoms with Crippen LogP contribution in [0.5, 0.6) is 0 Å². The van der Waals surface area contributed by atoms with Gasteiger partial charge in [0.2, 0.25) is 0 Å². The molecule has 2 nitrogen and oxygen atoms in total. The lowest BCUT2D eigenvalue weighted by Crippen LogP contribution is -2.60. The molecule has 0 N–H and O–H groups in total. The molecule has 72 heavy (non-hydrogen) atoms. The van der Waals surface area contributed by atoms with E-state index in [4.69, 9.17) is 0 Å². The minimum Gasteiger partial charge on any atom is -0.311 e. The van der Waals surface area contributed by atoms with E-state index in [9.17, 15) is 0 Å². The van der Waals surface area contributed by atoms with E-state index in [1.807, 2.05) is 11.3 Å². The van der Waals surface area contributed by atoms with Crippen molar-refractivity contribution in [2.45, 2.75) is 195 Å². The van der Waals surface area contributed by atoms with Crippen molar-refractivity contribution < 1.29 is 0 Å². The topological polar surface area (TPSA) is 6.48 Å². The van der Waals surface area contributed by atoms with Gasteiger partial charge in [0.05, 0.1) is 11.4 Å². The average Bonchev–Trinajstić information content (AvgIpc) is 3.68. The SMILES string of the molecule is CC(C)(C)c1ccc(N2c3cc(C4CCCCC4)cc4c3B(c3ccc(C(C)(C)C)cc3N4c3ccc(C(C)(C)C)cc3-c3cc(C(C)(C)C)cc(C(C)(C)C)c3)c3sc4ccc(C(C)(C)C)cc4c32)cc1. The summed E-state index contributed by atoms with van der Waals surface area (Å²) in [6.45, 7) is 42.6. The minimum absolute atomic E-state index is 0.0116. The van der Waals surface area contributed by atoms with Gasteiger partial charge in [-0.2, -0.15) is 0 Å². The van der Waals surface area contributed by atoms with Crippen molar-refractivity contribution in [3.63, 3.8) is 0 Å². The molecule has 6 aromatic carbocycles. The molecule has 0 spiro atoms. The number of fused-ring (bicyclic) bond motifs is 6. The molecule has 4 heteroatoms. The van der Waals surface area contributed by atoms with Crippen LogP contribution in [-0.2, 0) is 32.5 Å². The zero-order valence-electron chi connectivity index (χ0n) is 47.4. The van der Waals surface area contributed by atoms with Crippen LogP contribution in [0.25, 0.3) is 21.2 Å². The second kappa shape index (κ2) is 17.3. The van der Waals surface area contributed by atoms with Crippen LogP contribution in [0.15, 0.2) is 109 Å². The van der Waals surface area contributed by atoms with E-state index in [2.05, 4.69) is 244 Å². The van der Waals surface area contributed by atoms with Crippen molar-refractivity contribution in [2.24, 2.45) is 0 Å². The minimum atomic E-state index is -0.0492. The number of nitrogens with zero attached hydrogens (tertiary/aromatic N) is 2. The normalized spacial score (nSPS) is 15.8. The first-order valence-electron chi connectivity index (χ1n) is 27.4. The first-order valence-corrected chi connectivity index (χ1v) is 28.2. The molecular formula is C68H83BN2S. The molecule has 10 rings (SSSR count). The van der Waals surface area contributed by atoms with Crippen LogP contribution in [0.4, 0.5) is 34.1 Å². The van der Waals surface area contributed by atoms with Gasteiger partial charge < -0.3 is 9.80 Å². The second-order valence-electron chi connectivity index (χ2n) is 28.3. The summed E-state index contributed by atoms with van der Waals surface area (Å²) >= 11 is 2.02. The summed E-state index contributed by atoms with van der Waals surface area (Å²) in [5, 5.41) is 1.36. The maximum atomic E-state index is 2.76. The molecule has 1 aromatic heterocycles. The number of anilines is 6. The van der Waals surface area contributed by atoms with Crippen LogP contribution < -0.4 is 25.5 Å². The van der Waals surface area contributed by atoms with E-state index < -0.39 is 0 Å². The van der Waals surface area contributed by atoms with Gasteiger partial charge in [0.1, 0.15) is 0 Å². The van der Waals surface area contributed by atoms with E-state index >= 15 is 0 Å². The highest BCUT2D eigenvalue weighted by Gasteiger charge is 2.47. The van der Waals surface area contributed by atoms with Gasteiger partial charge in [0.25, 0.3) is 6.71 Å². The van der Waals surface area contributed by atoms with Crippen molar-refractivity contribution in [1.29, 1.82) is 0 Å². The number of hydrogen-bond donors (Lipinski definition) is 0. The van der Waals surface area contributed by atoms with Crippen molar-refractivity contribution >= 4 is 78.0 Å². The van der Waals surface area contributed by atoms with E-state index in [0.717, 1.165) is 0 Å². The smallest absolute Gasteiger partial charge is 0.264 e. The van der Waals surface area contributed by atoms with Gasteiger partial charge in [-0.05, 0) is 161 Å². The van der Waals surface area contributed by atoms with E-state index in [-0.39, 0.29) is 39.2 Å². The third-order valence-corrected chi connectivity index (χ3v) is 17.8. The third kappa shape index (κ3) is 8.98. The Balaban J connectivity index is 1.36. The predicted octanol–water partition coefficient (Wildman–Crippen LogP) is 18.5. The fourth-order valence-corrected chi connectivity index (χ4v) is 13.1. The summed E-state index contributed by atoms with van der Waals surface area (Å²) in [6.07, 6.45) is 6.36. The van der Waals surface area contributed by atoms with Gasteiger partial charge in [-0.1, -0.05) is 198 Å². The van der Waals surface area contributed by atoms with Gasteiger partial charge in [0.15, 0.2) is 0 Å². The maximum absolute atomic E-state index is 2.76. The Hall–Kier alpha value is -5.06. The van der Waals surface area contributed by atoms with Gasteiger partial charge in [-0.25, -0.2) is 0 Å². The molecular weight excluding hydrogens is 888 g/mol. The molecule has 2 aliphatic heterocycles. The summed E-state index contributed by atoms with van der Waals surface area (Å²) in [5.74, 6) is 0.502. The van der Waals surface area contributed by atoms with Crippen molar-refractivity contribution in [2.75, 3.05) is 9.80 Å². The standard InChI is InChI=1S/C68H83BN2S/c1-63(2,3)45-24-29-51(30-25-45)70-57-36-43(42-22-20-19-21-23-42)37-58-60(57)69(62-61(70)53-40-47(65(7,8)9)28-33-59(53)72-62)54-31-26-48(66(10,11)12)41-56(54)71(58)55-32-27-46(64(4,5)6)39-52(55)44-34-49(67(13,14)15)38-50(35-44)68(16,17)18/h24-42H,19-23H2,1-18H3. The maximum Gasteiger partial charge on any atom is 0.264 e. The van der Waals surface area contributed by atoms with E-state index in [1.54, 1.807) is 0 Å². The third-order valence-electron chi connectivity index (χ3n) is 16.6. The zero-order valence-corrected chi connectivity index (χ0v) is 48.2. The first-order chi connectivity index (χ1) is 33.5. The Bertz CT molecular complexity index is 3190. The first kappa shape index (κ1) is 50.5. The summed E-state index contributed by atoms with van der Waals surface area (Å²) in [7, 11) is 0. The molecule has 1 aliphatic carbocycles. The van der Waals surface area contributed by atoms with Crippen LogP contribution >= 0.6 is 11.3 Å². The molecule has 0 radical (unpaired) electrons. The quantitative estimate of drug-likeness (QED) is 0.162. The lowest BCUT2D eigenvalue weighted by atomic mass is 9.36. The summed E-state index contributed by atoms with van der Waals surface area (Å²) in [6, 6.07) is 44.9. The Labute approximate surface area is 439 Å². The zero-order chi connectivity index (χ0) is 51.8. The summed E-state index contributed by atoms with van der Waals surface area (Å²) < 4.78 is 2.80. The molecule has 0 saturated heterocycles. The Morgan fingerprint density at radius 3 is 1.50 bits per heavy atom. The number of hydrogen-bond acceptors (Lipinski definition) is 3. The molecule has 0 unspecified atom stereocenters. The molecule has 1 fully saturated rings. The molecule has 3 heterocycles. The average molecular weight is 971 g/mol. The van der Waals surface area contributed by atoms with Crippen LogP contribution in [-0.4, -0.2) is 6.71 Å². The second-order valence-corrected chi connectivity index (χ2v) is 29.4. The largest absolute Gasteiger partial charge is 0.311 e. The predicted molar refractivity (Wildman–Crippen MR) is 319 cm³/mol. The highest BCUT2D eigenvalue weighted by molar-refractivity contribution is 7.33. The Morgan fingerprint density at radius 2 is 0.931 bits per heavy atom. The lowest BCUT2D eigenvalue weighted by Gasteiger charge is -2.45. The molecule has 1 saturated carbocycles. The van der Waals surface area contributed by atoms with E-state index in [1.165, 1.54) is 142 Å². The van der Waals surface area contributed by atoms with Crippen LogP contribution in [0.1, 0.15) is 202 Å². The Morgan fingerprint density at radius 1 is 0.431 bits per heavy atom. The Kier molecular flexibility index (Phi) is 12.1. The monoisotopic (exact) mass is 971 g/mol. The van der Waals surface area contributed by atoms with Crippen LogP contribution in [0, 0.1) is 0 Å². The van der Waals surface area contributed by atoms with Crippen molar-refractivity contribution in [3.8, 4) is 11.1 Å². The summed E-state index contributed by atoms with van der Waals surface area (Å²) in [5.41, 5.74) is 22.8. The number of rotatable bonds is 4. The van der Waals surface area contributed by atoms with Crippen LogP contribution in [0.3, 0.4) is 0 Å². The fourth-order valence-electron chi connectivity index (χ4n) is 11.8. The van der Waals surface area contributed by atoms with Gasteiger partial charge in [-0.3, -0.25) is 0 Å². The van der Waals surface area contributed by atoms with Gasteiger partial charge >= 0.3 is 0 Å². The summed E-state index contributed by atoms with van der Waals surface area (Å²) in [4.78, 5) is 5.47. The fraction of sp³-hybridized carbons (Fsp3) is 0.441. The highest BCUT2D eigenvalue weighted by Crippen LogP contribution is 2.53. The van der Waals surface area contributed by atoms with Gasteiger partial charge in [-0.15, -0.1) is 11.3 Å². The number of thiophene rings is 1. The molecule has 0 amide bonds. The highest BCUT2D eigenvalue weighted by atomic mass is 32.1. The van der Waals surface area contributed by atoms with Gasteiger partial charge in [0, 0.05) is 43.2 Å². The molecule has 3 aliphatic rings. The van der Waals surface area contributed by atoms with E-state index in [0.29, 0.717) is 5.92 Å². The van der Waals surface area contributed by atoms with Crippen molar-refractivity contribution in [1.82, 2.24) is 0 Å². The van der Waals surface area contributed by atoms with Crippen molar-refractivity contribution in [3.05, 3.63) is 148 Å². The molecule has 0 atom stereocenters.